The van der Waals surface area contributed by atoms with Crippen LogP contribution < -0.4 is 5.32 Å². The molecule has 0 saturated carbocycles. The summed E-state index contributed by atoms with van der Waals surface area (Å²) in [5.41, 5.74) is 2.44. The maximum Gasteiger partial charge on any atom is 0.341 e. The van der Waals surface area contributed by atoms with E-state index in [9.17, 15) is 9.59 Å². The van der Waals surface area contributed by atoms with Crippen molar-refractivity contribution in [2.24, 2.45) is 5.92 Å². The number of carbonyl (C=O) groups excluding carboxylic acids is 2. The monoisotopic (exact) mass is 403 g/mol. The molecule has 0 radical (unpaired) electrons. The molecule has 142 valence electrons. The zero-order valence-electron chi connectivity index (χ0n) is 15.4. The van der Waals surface area contributed by atoms with Crippen molar-refractivity contribution in [3.63, 3.8) is 0 Å². The van der Waals surface area contributed by atoms with Gasteiger partial charge in [-0.1, -0.05) is 30.7 Å². The second-order valence-corrected chi connectivity index (χ2v) is 8.19. The lowest BCUT2D eigenvalue weighted by Crippen LogP contribution is -2.15. The van der Waals surface area contributed by atoms with Crippen molar-refractivity contribution in [1.82, 2.24) is 0 Å². The fraction of sp³-hybridized carbons (Fsp3) is 0.333. The highest BCUT2D eigenvalue weighted by Crippen LogP contribution is 2.40. The summed E-state index contributed by atoms with van der Waals surface area (Å²) in [7, 11) is 0. The molecule has 2 aromatic rings. The first kappa shape index (κ1) is 19.6. The zero-order chi connectivity index (χ0) is 19.4. The Morgan fingerprint density at radius 1 is 1.33 bits per heavy atom. The van der Waals surface area contributed by atoms with Crippen LogP contribution in [0.4, 0.5) is 5.00 Å². The molecule has 4 nitrogen and oxygen atoms in total. The van der Waals surface area contributed by atoms with Crippen molar-refractivity contribution in [3.8, 4) is 0 Å². The van der Waals surface area contributed by atoms with Crippen LogP contribution >= 0.6 is 22.9 Å². The van der Waals surface area contributed by atoms with Crippen molar-refractivity contribution in [2.75, 3.05) is 11.9 Å². The minimum atomic E-state index is -0.360. The number of hydrogen-bond donors (Lipinski definition) is 1. The van der Waals surface area contributed by atoms with Crippen LogP contribution in [0.25, 0.3) is 6.08 Å². The second-order valence-electron chi connectivity index (χ2n) is 6.65. The lowest BCUT2D eigenvalue weighted by Gasteiger charge is -2.18. The molecule has 1 atom stereocenters. The number of rotatable bonds is 5. The molecule has 1 aliphatic carbocycles. The predicted molar refractivity (Wildman–Crippen MR) is 111 cm³/mol. The van der Waals surface area contributed by atoms with Gasteiger partial charge in [-0.15, -0.1) is 11.3 Å². The molecule has 0 unspecified atom stereocenters. The SMILES string of the molecule is CCOC(=O)c1c(NC(=O)/C=C/c2ccc(Cl)cc2)sc2c1CC[C@H](C)C2. The molecule has 1 heterocycles. The largest absolute Gasteiger partial charge is 0.462 e. The van der Waals surface area contributed by atoms with Crippen LogP contribution in [0.2, 0.25) is 5.02 Å². The number of nitrogens with one attached hydrogen (secondary N) is 1. The molecule has 1 aromatic carbocycles. The average Bonchev–Trinajstić information content (AvgIpc) is 2.98. The maximum atomic E-state index is 12.5. The number of anilines is 1. The standard InChI is InChI=1S/C21H22ClNO3S/c1-3-26-21(25)19-16-10-4-13(2)12-17(16)27-20(19)23-18(24)11-7-14-5-8-15(22)9-6-14/h5-9,11,13H,3-4,10,12H2,1-2H3,(H,23,24)/b11-7+/t13-/m0/s1. The fourth-order valence-electron chi connectivity index (χ4n) is 3.16. The van der Waals surface area contributed by atoms with Gasteiger partial charge in [0.1, 0.15) is 5.00 Å². The van der Waals surface area contributed by atoms with E-state index in [1.54, 1.807) is 25.1 Å². The van der Waals surface area contributed by atoms with Crippen molar-refractivity contribution in [3.05, 3.63) is 56.9 Å². The Morgan fingerprint density at radius 2 is 2.07 bits per heavy atom. The highest BCUT2D eigenvalue weighted by Gasteiger charge is 2.28. The molecule has 0 aliphatic heterocycles. The Balaban J connectivity index is 1.81. The lowest BCUT2D eigenvalue weighted by atomic mass is 9.88. The van der Waals surface area contributed by atoms with Gasteiger partial charge in [0.25, 0.3) is 0 Å². The normalized spacial score (nSPS) is 16.2. The Morgan fingerprint density at radius 3 is 2.78 bits per heavy atom. The Hall–Kier alpha value is -2.11. The first-order chi connectivity index (χ1) is 13.0. The van der Waals surface area contributed by atoms with E-state index in [1.807, 2.05) is 12.1 Å². The van der Waals surface area contributed by atoms with Crippen LogP contribution in [0, 0.1) is 5.92 Å². The highest BCUT2D eigenvalue weighted by molar-refractivity contribution is 7.17. The minimum Gasteiger partial charge on any atom is -0.462 e. The number of ether oxygens (including phenoxy) is 1. The number of esters is 1. The number of thiophene rings is 1. The van der Waals surface area contributed by atoms with Gasteiger partial charge in [-0.25, -0.2) is 4.79 Å². The van der Waals surface area contributed by atoms with E-state index in [2.05, 4.69) is 12.2 Å². The number of amides is 1. The van der Waals surface area contributed by atoms with Crippen molar-refractivity contribution in [1.29, 1.82) is 0 Å². The van der Waals surface area contributed by atoms with Crippen LogP contribution in [-0.4, -0.2) is 18.5 Å². The summed E-state index contributed by atoms with van der Waals surface area (Å²) in [5.74, 6) is -0.0526. The molecule has 1 aromatic heterocycles. The molecule has 27 heavy (non-hydrogen) atoms. The van der Waals surface area contributed by atoms with Crippen LogP contribution in [0.5, 0.6) is 0 Å². The van der Waals surface area contributed by atoms with Gasteiger partial charge >= 0.3 is 5.97 Å². The zero-order valence-corrected chi connectivity index (χ0v) is 17.0. The van der Waals surface area contributed by atoms with Gasteiger partial charge in [0.2, 0.25) is 5.91 Å². The third kappa shape index (κ3) is 4.79. The van der Waals surface area contributed by atoms with Gasteiger partial charge < -0.3 is 10.1 Å². The Kier molecular flexibility index (Phi) is 6.34. The average molecular weight is 404 g/mol. The van der Waals surface area contributed by atoms with Crippen LogP contribution in [0.1, 0.15) is 46.6 Å². The molecule has 0 bridgehead atoms. The smallest absolute Gasteiger partial charge is 0.341 e. The summed E-state index contributed by atoms with van der Waals surface area (Å²) < 4.78 is 5.23. The molecule has 1 N–H and O–H groups in total. The molecule has 0 fully saturated rings. The van der Waals surface area contributed by atoms with E-state index in [4.69, 9.17) is 16.3 Å². The van der Waals surface area contributed by atoms with Crippen LogP contribution in [0.15, 0.2) is 30.3 Å². The minimum absolute atomic E-state index is 0.276. The summed E-state index contributed by atoms with van der Waals surface area (Å²) in [6.45, 7) is 4.30. The van der Waals surface area contributed by atoms with Gasteiger partial charge in [-0.3, -0.25) is 4.79 Å². The molecular weight excluding hydrogens is 382 g/mol. The van der Waals surface area contributed by atoms with E-state index in [-0.39, 0.29) is 11.9 Å². The van der Waals surface area contributed by atoms with Gasteiger partial charge in [0.15, 0.2) is 0 Å². The maximum absolute atomic E-state index is 12.5. The molecule has 0 spiro atoms. The summed E-state index contributed by atoms with van der Waals surface area (Å²) in [6, 6.07) is 7.21. The van der Waals surface area contributed by atoms with Crippen LogP contribution in [-0.2, 0) is 22.4 Å². The van der Waals surface area contributed by atoms with Gasteiger partial charge in [0, 0.05) is 16.0 Å². The number of carbonyl (C=O) groups is 2. The number of benzene rings is 1. The highest BCUT2D eigenvalue weighted by atomic mass is 35.5. The first-order valence-electron chi connectivity index (χ1n) is 9.04. The van der Waals surface area contributed by atoms with E-state index in [0.29, 0.717) is 28.1 Å². The third-order valence-corrected chi connectivity index (χ3v) is 5.95. The second kappa shape index (κ2) is 8.72. The van der Waals surface area contributed by atoms with E-state index in [1.165, 1.54) is 22.3 Å². The third-order valence-electron chi connectivity index (χ3n) is 4.53. The molecule has 3 rings (SSSR count). The molecule has 1 amide bonds. The summed E-state index contributed by atoms with van der Waals surface area (Å²) in [6.07, 6.45) is 5.99. The van der Waals surface area contributed by atoms with E-state index >= 15 is 0 Å². The fourth-order valence-corrected chi connectivity index (χ4v) is 4.69. The topological polar surface area (TPSA) is 55.4 Å². The van der Waals surface area contributed by atoms with Crippen molar-refractivity contribution >= 4 is 45.9 Å². The summed E-state index contributed by atoms with van der Waals surface area (Å²) in [4.78, 5) is 26.0. The van der Waals surface area contributed by atoms with Gasteiger partial charge in [-0.2, -0.15) is 0 Å². The predicted octanol–water partition coefficient (Wildman–Crippen LogP) is 5.35. The van der Waals surface area contributed by atoms with Crippen molar-refractivity contribution in [2.45, 2.75) is 33.1 Å². The summed E-state index contributed by atoms with van der Waals surface area (Å²) in [5, 5.41) is 4.10. The van der Waals surface area contributed by atoms with Gasteiger partial charge in [-0.05, 0) is 61.4 Å². The van der Waals surface area contributed by atoms with Crippen molar-refractivity contribution < 1.29 is 14.3 Å². The number of halogens is 1. The lowest BCUT2D eigenvalue weighted by molar-refractivity contribution is -0.111. The van der Waals surface area contributed by atoms with E-state index < -0.39 is 0 Å². The number of hydrogen-bond acceptors (Lipinski definition) is 4. The van der Waals surface area contributed by atoms with Crippen LogP contribution in [0.3, 0.4) is 0 Å². The Bertz CT molecular complexity index is 870. The number of fused-ring (bicyclic) bond motifs is 1. The molecule has 6 heteroatoms. The quantitative estimate of drug-likeness (QED) is 0.540. The molecular formula is C21H22ClNO3S. The summed E-state index contributed by atoms with van der Waals surface area (Å²) >= 11 is 7.36. The van der Waals surface area contributed by atoms with Gasteiger partial charge in [0.05, 0.1) is 12.2 Å². The van der Waals surface area contributed by atoms with E-state index in [0.717, 1.165) is 30.4 Å². The molecule has 0 saturated heterocycles. The molecule has 1 aliphatic rings. The Labute approximate surface area is 168 Å². The first-order valence-corrected chi connectivity index (χ1v) is 10.2.